The summed E-state index contributed by atoms with van der Waals surface area (Å²) < 4.78 is 4.94. The number of carbonyl (C=O) groups is 3. The topological polar surface area (TPSA) is 87.7 Å². The molecule has 3 amide bonds. The highest BCUT2D eigenvalue weighted by atomic mass is 16.5. The van der Waals surface area contributed by atoms with Crippen LogP contribution in [0.15, 0.2) is 18.2 Å². The summed E-state index contributed by atoms with van der Waals surface area (Å²) in [4.78, 5) is 39.2. The average molecular weight is 373 g/mol. The van der Waals surface area contributed by atoms with Crippen molar-refractivity contribution in [2.75, 3.05) is 33.4 Å². The van der Waals surface area contributed by atoms with Gasteiger partial charge in [0.25, 0.3) is 17.7 Å². The minimum Gasteiger partial charge on any atom is -0.383 e. The standard InChI is InChI=1S/C20H27N3O4/c1-27-12-11-21-9-10-22-18(24)14-7-8-16-17(13-14)20(26)23(19(16)25)15-5-3-2-4-6-15/h7-8,13,15,21H,2-6,9-12H2,1H3,(H,22,24). The lowest BCUT2D eigenvalue weighted by Gasteiger charge is -2.29. The van der Waals surface area contributed by atoms with E-state index in [0.29, 0.717) is 36.4 Å². The van der Waals surface area contributed by atoms with Crippen molar-refractivity contribution in [3.63, 3.8) is 0 Å². The van der Waals surface area contributed by atoms with E-state index in [1.165, 1.54) is 4.90 Å². The molecule has 0 atom stereocenters. The van der Waals surface area contributed by atoms with Crippen molar-refractivity contribution >= 4 is 17.7 Å². The number of benzene rings is 1. The van der Waals surface area contributed by atoms with Crippen LogP contribution in [0.5, 0.6) is 0 Å². The van der Waals surface area contributed by atoms with Crippen LogP contribution in [0.3, 0.4) is 0 Å². The summed E-state index contributed by atoms with van der Waals surface area (Å²) in [5.74, 6) is -0.739. The summed E-state index contributed by atoms with van der Waals surface area (Å²) in [5, 5.41) is 5.96. The van der Waals surface area contributed by atoms with Crippen molar-refractivity contribution in [1.29, 1.82) is 0 Å². The van der Waals surface area contributed by atoms with Crippen LogP contribution >= 0.6 is 0 Å². The van der Waals surface area contributed by atoms with Crippen LogP contribution in [0.4, 0.5) is 0 Å². The van der Waals surface area contributed by atoms with Crippen molar-refractivity contribution in [1.82, 2.24) is 15.5 Å². The Bertz CT molecular complexity index is 713. The molecular formula is C20H27N3O4. The maximum atomic E-state index is 12.8. The van der Waals surface area contributed by atoms with Gasteiger partial charge in [-0.25, -0.2) is 0 Å². The molecule has 1 heterocycles. The molecule has 1 aromatic carbocycles. The van der Waals surface area contributed by atoms with E-state index >= 15 is 0 Å². The van der Waals surface area contributed by atoms with Gasteiger partial charge < -0.3 is 15.4 Å². The number of hydrogen-bond acceptors (Lipinski definition) is 5. The van der Waals surface area contributed by atoms with E-state index in [0.717, 1.165) is 38.6 Å². The van der Waals surface area contributed by atoms with E-state index < -0.39 is 0 Å². The zero-order valence-electron chi connectivity index (χ0n) is 15.8. The molecule has 146 valence electrons. The monoisotopic (exact) mass is 373 g/mol. The highest BCUT2D eigenvalue weighted by Gasteiger charge is 2.40. The Morgan fingerprint density at radius 1 is 1.07 bits per heavy atom. The predicted molar refractivity (Wildman–Crippen MR) is 101 cm³/mol. The van der Waals surface area contributed by atoms with Gasteiger partial charge in [-0.3, -0.25) is 19.3 Å². The third kappa shape index (κ3) is 4.36. The first-order valence-electron chi connectivity index (χ1n) is 9.63. The molecule has 2 N–H and O–H groups in total. The molecule has 1 aliphatic carbocycles. The van der Waals surface area contributed by atoms with Crippen LogP contribution < -0.4 is 10.6 Å². The molecule has 1 saturated carbocycles. The highest BCUT2D eigenvalue weighted by Crippen LogP contribution is 2.31. The maximum absolute atomic E-state index is 12.8. The number of amides is 3. The third-order valence-corrected chi connectivity index (χ3v) is 5.19. The fourth-order valence-electron chi connectivity index (χ4n) is 3.74. The zero-order chi connectivity index (χ0) is 19.2. The molecule has 0 unspecified atom stereocenters. The van der Waals surface area contributed by atoms with E-state index in [1.807, 2.05) is 0 Å². The highest BCUT2D eigenvalue weighted by molar-refractivity contribution is 6.22. The van der Waals surface area contributed by atoms with Gasteiger partial charge in [-0.2, -0.15) is 0 Å². The van der Waals surface area contributed by atoms with Gasteiger partial charge in [0.15, 0.2) is 0 Å². The Balaban J connectivity index is 1.62. The first kappa shape index (κ1) is 19.5. The van der Waals surface area contributed by atoms with E-state index in [2.05, 4.69) is 10.6 Å². The number of nitrogens with one attached hydrogen (secondary N) is 2. The first-order chi connectivity index (χ1) is 13.1. The van der Waals surface area contributed by atoms with Crippen LogP contribution in [0.2, 0.25) is 0 Å². The molecule has 0 bridgehead atoms. The van der Waals surface area contributed by atoms with E-state index in [9.17, 15) is 14.4 Å². The van der Waals surface area contributed by atoms with E-state index in [4.69, 9.17) is 4.74 Å². The fourth-order valence-corrected chi connectivity index (χ4v) is 3.74. The summed E-state index contributed by atoms with van der Waals surface area (Å²) in [5.41, 5.74) is 1.15. The summed E-state index contributed by atoms with van der Waals surface area (Å²) in [7, 11) is 1.64. The first-order valence-corrected chi connectivity index (χ1v) is 9.63. The van der Waals surface area contributed by atoms with Gasteiger partial charge in [0.1, 0.15) is 0 Å². The van der Waals surface area contributed by atoms with Crippen LogP contribution in [0, 0.1) is 0 Å². The number of carbonyl (C=O) groups excluding carboxylic acids is 3. The molecule has 1 aromatic rings. The molecular weight excluding hydrogens is 346 g/mol. The van der Waals surface area contributed by atoms with Crippen LogP contribution in [0.1, 0.15) is 63.2 Å². The van der Waals surface area contributed by atoms with Gasteiger partial charge in [-0.1, -0.05) is 19.3 Å². The molecule has 3 rings (SSSR count). The SMILES string of the molecule is COCCNCCNC(=O)c1ccc2c(c1)C(=O)N(C1CCCCC1)C2=O. The van der Waals surface area contributed by atoms with Crippen molar-refractivity contribution in [2.24, 2.45) is 0 Å². The molecule has 0 saturated heterocycles. The molecule has 7 nitrogen and oxygen atoms in total. The summed E-state index contributed by atoms with van der Waals surface area (Å²) in [6, 6.07) is 4.75. The lowest BCUT2D eigenvalue weighted by molar-refractivity contribution is 0.0549. The smallest absolute Gasteiger partial charge is 0.261 e. The second-order valence-corrected chi connectivity index (χ2v) is 7.03. The fraction of sp³-hybridized carbons (Fsp3) is 0.550. The Hall–Kier alpha value is -2.25. The summed E-state index contributed by atoms with van der Waals surface area (Å²) in [6.07, 6.45) is 4.99. The summed E-state index contributed by atoms with van der Waals surface area (Å²) in [6.45, 7) is 2.44. The quantitative estimate of drug-likeness (QED) is 0.534. The van der Waals surface area contributed by atoms with Crippen molar-refractivity contribution in [3.05, 3.63) is 34.9 Å². The number of methoxy groups -OCH3 is 1. The van der Waals surface area contributed by atoms with E-state index in [1.54, 1.807) is 25.3 Å². The normalized spacial score (nSPS) is 17.3. The Kier molecular flexibility index (Phi) is 6.58. The Morgan fingerprint density at radius 3 is 2.56 bits per heavy atom. The van der Waals surface area contributed by atoms with Gasteiger partial charge in [-0.05, 0) is 31.0 Å². The minimum atomic E-state index is -0.266. The van der Waals surface area contributed by atoms with Crippen LogP contribution in [-0.2, 0) is 4.74 Å². The Labute approximate surface area is 159 Å². The second kappa shape index (κ2) is 9.10. The van der Waals surface area contributed by atoms with Gasteiger partial charge in [0.2, 0.25) is 0 Å². The predicted octanol–water partition coefficient (Wildman–Crippen LogP) is 1.58. The zero-order valence-corrected chi connectivity index (χ0v) is 15.8. The molecule has 0 radical (unpaired) electrons. The molecule has 1 aliphatic heterocycles. The molecule has 0 spiro atoms. The molecule has 2 aliphatic rings. The van der Waals surface area contributed by atoms with Gasteiger partial charge >= 0.3 is 0 Å². The van der Waals surface area contributed by atoms with Crippen LogP contribution in [0.25, 0.3) is 0 Å². The molecule has 7 heteroatoms. The maximum Gasteiger partial charge on any atom is 0.261 e. The average Bonchev–Trinajstić information content (AvgIpc) is 2.95. The lowest BCUT2D eigenvalue weighted by Crippen LogP contribution is -2.40. The van der Waals surface area contributed by atoms with Gasteiger partial charge in [-0.15, -0.1) is 0 Å². The molecule has 1 fully saturated rings. The van der Waals surface area contributed by atoms with Gasteiger partial charge in [0, 0.05) is 38.3 Å². The summed E-state index contributed by atoms with van der Waals surface area (Å²) >= 11 is 0. The van der Waals surface area contributed by atoms with Crippen LogP contribution in [-0.4, -0.2) is 62.0 Å². The van der Waals surface area contributed by atoms with Crippen molar-refractivity contribution < 1.29 is 19.1 Å². The third-order valence-electron chi connectivity index (χ3n) is 5.19. The minimum absolute atomic E-state index is 0.0124. The largest absolute Gasteiger partial charge is 0.383 e. The van der Waals surface area contributed by atoms with Crippen molar-refractivity contribution in [3.8, 4) is 0 Å². The number of rotatable bonds is 8. The Morgan fingerprint density at radius 2 is 1.81 bits per heavy atom. The lowest BCUT2D eigenvalue weighted by atomic mass is 9.94. The molecule has 27 heavy (non-hydrogen) atoms. The second-order valence-electron chi connectivity index (χ2n) is 7.03. The van der Waals surface area contributed by atoms with Crippen molar-refractivity contribution in [2.45, 2.75) is 38.1 Å². The number of ether oxygens (including phenoxy) is 1. The molecule has 0 aromatic heterocycles. The number of fused-ring (bicyclic) bond motifs is 1. The number of imide groups is 1. The van der Waals surface area contributed by atoms with E-state index in [-0.39, 0.29) is 23.8 Å². The number of nitrogens with zero attached hydrogens (tertiary/aromatic N) is 1. The number of hydrogen-bond donors (Lipinski definition) is 2. The van der Waals surface area contributed by atoms with Gasteiger partial charge in [0.05, 0.1) is 17.7 Å².